The van der Waals surface area contributed by atoms with E-state index < -0.39 is 15.5 Å². The molecule has 1 N–H and O–H groups in total. The van der Waals surface area contributed by atoms with Crippen LogP contribution in [-0.4, -0.2) is 9.96 Å². The molecule has 7 nitrogen and oxygen atoms in total. The summed E-state index contributed by atoms with van der Waals surface area (Å²) in [6.45, 7) is 0. The number of hydrazine groups is 1. The molecule has 1 unspecified atom stereocenters. The van der Waals surface area contributed by atoms with E-state index >= 15 is 0 Å². The molecule has 1 aromatic rings. The van der Waals surface area contributed by atoms with E-state index in [1.165, 1.54) is 6.07 Å². The van der Waals surface area contributed by atoms with Gasteiger partial charge in [-0.2, -0.15) is 0 Å². The van der Waals surface area contributed by atoms with Gasteiger partial charge in [0.1, 0.15) is 0 Å². The van der Waals surface area contributed by atoms with Gasteiger partial charge >= 0.3 is 0 Å². The fourth-order valence-corrected chi connectivity index (χ4v) is 2.63. The van der Waals surface area contributed by atoms with Crippen LogP contribution in [0.1, 0.15) is 12.0 Å². The van der Waals surface area contributed by atoms with Gasteiger partial charge in [-0.25, -0.2) is 10.1 Å². The van der Waals surface area contributed by atoms with Crippen molar-refractivity contribution in [3.63, 3.8) is 0 Å². The zero-order valence-corrected chi connectivity index (χ0v) is 12.3. The highest BCUT2D eigenvalue weighted by atomic mass is 127. The van der Waals surface area contributed by atoms with Crippen LogP contribution in [0.25, 0.3) is 0 Å². The first kappa shape index (κ1) is 14.4. The van der Waals surface area contributed by atoms with E-state index in [2.05, 4.69) is 5.43 Å². The van der Waals surface area contributed by atoms with E-state index in [0.717, 1.165) is 0 Å². The predicted molar refractivity (Wildman–Crippen MR) is 80.5 cm³/mol. The molecule has 0 fully saturated rings. The van der Waals surface area contributed by atoms with Crippen LogP contribution >= 0.6 is 22.6 Å². The number of rotatable bonds is 4. The monoisotopic (exact) mass is 387 g/mol. The minimum Gasteiger partial charge on any atom is -0.258 e. The summed E-state index contributed by atoms with van der Waals surface area (Å²) in [6.07, 6.45) is 6.97. The van der Waals surface area contributed by atoms with Gasteiger partial charge in [-0.05, 0) is 40.8 Å². The Balaban J connectivity index is 2.60. The summed E-state index contributed by atoms with van der Waals surface area (Å²) < 4.78 is 0.699. The Morgan fingerprint density at radius 3 is 2.55 bits per heavy atom. The summed E-state index contributed by atoms with van der Waals surface area (Å²) in [5.74, 6) is 0. The Kier molecular flexibility index (Phi) is 4.02. The number of hydrogen-bond acceptors (Lipinski definition) is 4. The van der Waals surface area contributed by atoms with Crippen molar-refractivity contribution in [1.29, 1.82) is 0 Å². The van der Waals surface area contributed by atoms with Gasteiger partial charge in [-0.15, -0.1) is 5.43 Å². The number of nitro groups is 2. The van der Waals surface area contributed by atoms with E-state index in [0.29, 0.717) is 3.57 Å². The molecule has 1 aliphatic rings. The van der Waals surface area contributed by atoms with Crippen LogP contribution in [0.3, 0.4) is 0 Å². The Bertz CT molecular complexity index is 629. The molecule has 0 bridgehead atoms. The van der Waals surface area contributed by atoms with Crippen LogP contribution in [0.2, 0.25) is 0 Å². The highest BCUT2D eigenvalue weighted by molar-refractivity contribution is 14.1. The standard InChI is InChI=1S/C12H10IN3O4/c13-9-4-5-10(11(8-9)15(17)18)12(14-16(19)20)6-2-1-3-7-12/h1-6,8,14H,7H2. The summed E-state index contributed by atoms with van der Waals surface area (Å²) in [6, 6.07) is 4.66. The van der Waals surface area contributed by atoms with E-state index in [-0.39, 0.29) is 17.7 Å². The highest BCUT2D eigenvalue weighted by Gasteiger charge is 2.39. The van der Waals surface area contributed by atoms with Gasteiger partial charge in [0.2, 0.25) is 0 Å². The van der Waals surface area contributed by atoms with Gasteiger partial charge in [-0.3, -0.25) is 10.1 Å². The molecule has 0 amide bonds. The number of nitrogens with one attached hydrogen (secondary N) is 1. The third-order valence-corrected chi connectivity index (χ3v) is 3.67. The van der Waals surface area contributed by atoms with Crippen molar-refractivity contribution >= 4 is 28.3 Å². The van der Waals surface area contributed by atoms with Crippen molar-refractivity contribution in [3.05, 3.63) is 71.9 Å². The van der Waals surface area contributed by atoms with Gasteiger partial charge in [-0.1, -0.05) is 18.2 Å². The lowest BCUT2D eigenvalue weighted by Gasteiger charge is -2.27. The largest absolute Gasteiger partial charge is 0.276 e. The first-order valence-electron chi connectivity index (χ1n) is 5.66. The van der Waals surface area contributed by atoms with Gasteiger partial charge < -0.3 is 0 Å². The van der Waals surface area contributed by atoms with Gasteiger partial charge in [0.15, 0.2) is 10.6 Å². The average molecular weight is 387 g/mol. The minimum atomic E-state index is -1.20. The molecule has 1 atom stereocenters. The Labute approximate surface area is 127 Å². The molecular weight excluding hydrogens is 377 g/mol. The smallest absolute Gasteiger partial charge is 0.258 e. The van der Waals surface area contributed by atoms with Gasteiger partial charge in [0, 0.05) is 16.1 Å². The molecule has 0 heterocycles. The van der Waals surface area contributed by atoms with Crippen LogP contribution in [0.4, 0.5) is 5.69 Å². The number of hydrogen-bond donors (Lipinski definition) is 1. The third-order valence-electron chi connectivity index (χ3n) is 3.00. The van der Waals surface area contributed by atoms with Crippen molar-refractivity contribution in [1.82, 2.24) is 5.43 Å². The molecule has 1 aliphatic carbocycles. The number of allylic oxidation sites excluding steroid dienone is 2. The number of benzene rings is 1. The lowest BCUT2D eigenvalue weighted by molar-refractivity contribution is -0.559. The van der Waals surface area contributed by atoms with Crippen molar-refractivity contribution in [3.8, 4) is 0 Å². The second-order valence-electron chi connectivity index (χ2n) is 4.25. The first-order valence-corrected chi connectivity index (χ1v) is 6.73. The molecule has 20 heavy (non-hydrogen) atoms. The van der Waals surface area contributed by atoms with Crippen molar-refractivity contribution in [2.75, 3.05) is 0 Å². The SMILES string of the molecule is O=[N+]([O-])NC1(c2ccc(I)cc2[N+](=O)[O-])C=CC=CC1. The fourth-order valence-electron chi connectivity index (χ4n) is 2.16. The molecule has 0 aromatic heterocycles. The Hall–Kier alpha value is -1.97. The second-order valence-corrected chi connectivity index (χ2v) is 5.50. The molecule has 104 valence electrons. The van der Waals surface area contributed by atoms with Gasteiger partial charge in [0.05, 0.1) is 10.5 Å². The maximum atomic E-state index is 11.2. The third kappa shape index (κ3) is 2.79. The van der Waals surface area contributed by atoms with E-state index in [4.69, 9.17) is 0 Å². The molecule has 0 spiro atoms. The van der Waals surface area contributed by atoms with Crippen LogP contribution in [-0.2, 0) is 5.54 Å². The normalized spacial score (nSPS) is 20.6. The number of nitrogens with zero attached hydrogens (tertiary/aromatic N) is 2. The maximum Gasteiger partial charge on any atom is 0.276 e. The van der Waals surface area contributed by atoms with Crippen molar-refractivity contribution in [2.24, 2.45) is 0 Å². The summed E-state index contributed by atoms with van der Waals surface area (Å²) in [5, 5.41) is 21.4. The molecule has 0 saturated carbocycles. The molecule has 0 saturated heterocycles. The van der Waals surface area contributed by atoms with Crippen LogP contribution in [0.5, 0.6) is 0 Å². The molecule has 8 heteroatoms. The summed E-state index contributed by atoms with van der Waals surface area (Å²) in [7, 11) is 0. The lowest BCUT2D eigenvalue weighted by Crippen LogP contribution is -2.44. The number of nitro benzene ring substituents is 1. The van der Waals surface area contributed by atoms with Crippen molar-refractivity contribution in [2.45, 2.75) is 12.0 Å². The Morgan fingerprint density at radius 1 is 1.25 bits per heavy atom. The van der Waals surface area contributed by atoms with Gasteiger partial charge in [0.25, 0.3) is 5.69 Å². The molecule has 0 radical (unpaired) electrons. The molecule has 2 rings (SSSR count). The predicted octanol–water partition coefficient (Wildman–Crippen LogP) is 2.69. The fraction of sp³-hybridized carbons (Fsp3) is 0.167. The highest BCUT2D eigenvalue weighted by Crippen LogP contribution is 2.36. The minimum absolute atomic E-state index is 0.133. The zero-order chi connectivity index (χ0) is 14.8. The first-order chi connectivity index (χ1) is 9.44. The number of halogens is 1. The lowest BCUT2D eigenvalue weighted by atomic mass is 9.83. The van der Waals surface area contributed by atoms with E-state index in [1.54, 1.807) is 36.4 Å². The summed E-state index contributed by atoms with van der Waals surface area (Å²) >= 11 is 1.97. The van der Waals surface area contributed by atoms with Crippen molar-refractivity contribution < 1.29 is 9.96 Å². The maximum absolute atomic E-state index is 11.2. The van der Waals surface area contributed by atoms with E-state index in [9.17, 15) is 20.2 Å². The van der Waals surface area contributed by atoms with Crippen LogP contribution in [0.15, 0.2) is 42.5 Å². The quantitative estimate of drug-likeness (QED) is 0.487. The zero-order valence-electron chi connectivity index (χ0n) is 10.2. The molecule has 1 aromatic carbocycles. The summed E-state index contributed by atoms with van der Waals surface area (Å²) in [5.41, 5.74) is 1.14. The average Bonchev–Trinajstić information content (AvgIpc) is 2.38. The molecular formula is C12H10IN3O4. The summed E-state index contributed by atoms with van der Waals surface area (Å²) in [4.78, 5) is 21.5. The van der Waals surface area contributed by atoms with Crippen LogP contribution in [0, 0.1) is 23.8 Å². The Morgan fingerprint density at radius 2 is 2.00 bits per heavy atom. The van der Waals surface area contributed by atoms with E-state index in [1.807, 2.05) is 22.6 Å². The second kappa shape index (κ2) is 5.57. The molecule has 0 aliphatic heterocycles. The topological polar surface area (TPSA) is 98.3 Å². The van der Waals surface area contributed by atoms with Crippen LogP contribution < -0.4 is 5.43 Å².